The molecule has 0 saturated heterocycles. The highest BCUT2D eigenvalue weighted by Crippen LogP contribution is 2.31. The Hall–Kier alpha value is -0.540. The van der Waals surface area contributed by atoms with Crippen molar-refractivity contribution < 1.29 is 4.39 Å². The first-order chi connectivity index (χ1) is 8.06. The summed E-state index contributed by atoms with van der Waals surface area (Å²) < 4.78 is 13.8. The van der Waals surface area contributed by atoms with Crippen LogP contribution in [0.1, 0.15) is 38.8 Å². The van der Waals surface area contributed by atoms with Gasteiger partial charge in [0.15, 0.2) is 0 Å². The molecule has 0 aliphatic carbocycles. The topological polar surface area (TPSA) is 12.0 Å². The van der Waals surface area contributed by atoms with E-state index in [4.69, 9.17) is 0 Å². The molecule has 0 heterocycles. The number of nitrogens with one attached hydrogen (secondary N) is 1. The van der Waals surface area contributed by atoms with Crippen LogP contribution in [0.5, 0.6) is 0 Å². The minimum Gasteiger partial charge on any atom is -0.313 e. The van der Waals surface area contributed by atoms with Gasteiger partial charge < -0.3 is 5.32 Å². The van der Waals surface area contributed by atoms with Gasteiger partial charge in [0.25, 0.3) is 0 Å². The normalized spacial score (nSPS) is 13.1. The van der Waals surface area contributed by atoms with E-state index in [1.807, 2.05) is 13.1 Å². The van der Waals surface area contributed by atoms with Gasteiger partial charge in [0.05, 0.1) is 0 Å². The zero-order valence-electron chi connectivity index (χ0n) is 11.1. The second kappa shape index (κ2) is 7.02. The molecule has 1 aromatic rings. The van der Waals surface area contributed by atoms with Crippen molar-refractivity contribution in [3.8, 4) is 0 Å². The van der Waals surface area contributed by atoms with Gasteiger partial charge in [0.1, 0.15) is 5.82 Å². The van der Waals surface area contributed by atoms with Crippen LogP contribution in [0.2, 0.25) is 0 Å². The summed E-state index contributed by atoms with van der Waals surface area (Å²) in [6.07, 6.45) is 1.12. The summed E-state index contributed by atoms with van der Waals surface area (Å²) >= 11 is 1.63. The molecule has 0 aromatic heterocycles. The Bertz CT molecular complexity index is 352. The maximum atomic E-state index is 13.8. The van der Waals surface area contributed by atoms with Crippen LogP contribution in [0.25, 0.3) is 0 Å². The Morgan fingerprint density at radius 2 is 2.00 bits per heavy atom. The molecule has 1 unspecified atom stereocenters. The highest BCUT2D eigenvalue weighted by Gasteiger charge is 2.13. The Kier molecular flexibility index (Phi) is 6.00. The molecule has 0 spiro atoms. The quantitative estimate of drug-likeness (QED) is 0.763. The lowest BCUT2D eigenvalue weighted by molar-refractivity contribution is 0.575. The van der Waals surface area contributed by atoms with E-state index in [1.54, 1.807) is 23.9 Å². The van der Waals surface area contributed by atoms with Crippen molar-refractivity contribution in [1.82, 2.24) is 5.32 Å². The Labute approximate surface area is 108 Å². The Balaban J connectivity index is 2.80. The Morgan fingerprint density at radius 3 is 2.59 bits per heavy atom. The molecule has 96 valence electrons. The predicted molar refractivity (Wildman–Crippen MR) is 74.1 cm³/mol. The molecule has 3 heteroatoms. The zero-order valence-corrected chi connectivity index (χ0v) is 11.9. The van der Waals surface area contributed by atoms with Crippen LogP contribution in [0.15, 0.2) is 23.1 Å². The van der Waals surface area contributed by atoms with Crippen molar-refractivity contribution in [1.29, 1.82) is 0 Å². The second-order valence-electron chi connectivity index (χ2n) is 4.70. The first kappa shape index (κ1) is 14.5. The van der Waals surface area contributed by atoms with E-state index in [0.29, 0.717) is 5.92 Å². The summed E-state index contributed by atoms with van der Waals surface area (Å²) in [6, 6.07) is 5.52. The number of benzene rings is 1. The maximum absolute atomic E-state index is 13.8. The van der Waals surface area contributed by atoms with Crippen LogP contribution in [0.4, 0.5) is 4.39 Å². The minimum absolute atomic E-state index is 0.0987. The molecule has 0 amide bonds. The van der Waals surface area contributed by atoms with E-state index in [2.05, 4.69) is 26.1 Å². The van der Waals surface area contributed by atoms with E-state index in [0.717, 1.165) is 22.6 Å². The number of hydrogen-bond donors (Lipinski definition) is 1. The molecule has 1 nitrogen and oxygen atoms in total. The van der Waals surface area contributed by atoms with Crippen molar-refractivity contribution in [2.45, 2.75) is 38.1 Å². The van der Waals surface area contributed by atoms with Crippen LogP contribution in [0, 0.1) is 11.7 Å². The van der Waals surface area contributed by atoms with Gasteiger partial charge in [0.2, 0.25) is 0 Å². The van der Waals surface area contributed by atoms with E-state index < -0.39 is 0 Å². The molecule has 1 atom stereocenters. The molecule has 0 bridgehead atoms. The molecule has 17 heavy (non-hydrogen) atoms. The SMILES string of the molecule is CNC(C)c1cccc(F)c1SCCC(C)C. The summed E-state index contributed by atoms with van der Waals surface area (Å²) in [7, 11) is 1.90. The largest absolute Gasteiger partial charge is 0.313 e. The van der Waals surface area contributed by atoms with Crippen LogP contribution in [0.3, 0.4) is 0 Å². The van der Waals surface area contributed by atoms with Crippen molar-refractivity contribution in [2.24, 2.45) is 5.92 Å². The van der Waals surface area contributed by atoms with Crippen molar-refractivity contribution in [2.75, 3.05) is 12.8 Å². The van der Waals surface area contributed by atoms with Gasteiger partial charge in [-0.1, -0.05) is 26.0 Å². The molecule has 1 N–H and O–H groups in total. The smallest absolute Gasteiger partial charge is 0.137 e. The molecule has 0 radical (unpaired) electrons. The molecule has 0 aliphatic rings. The third-order valence-electron chi connectivity index (χ3n) is 2.84. The van der Waals surface area contributed by atoms with Crippen LogP contribution in [-0.4, -0.2) is 12.8 Å². The van der Waals surface area contributed by atoms with Gasteiger partial charge >= 0.3 is 0 Å². The van der Waals surface area contributed by atoms with E-state index >= 15 is 0 Å². The summed E-state index contributed by atoms with van der Waals surface area (Å²) in [5, 5.41) is 3.17. The van der Waals surface area contributed by atoms with Gasteiger partial charge in [-0.2, -0.15) is 0 Å². The third kappa shape index (κ3) is 4.32. The molecule has 0 aliphatic heterocycles. The zero-order chi connectivity index (χ0) is 12.8. The fourth-order valence-corrected chi connectivity index (χ4v) is 2.98. The minimum atomic E-state index is -0.0987. The molecule has 1 aromatic carbocycles. The molecule has 1 rings (SSSR count). The maximum Gasteiger partial charge on any atom is 0.137 e. The summed E-state index contributed by atoms with van der Waals surface area (Å²) in [5.74, 6) is 1.54. The second-order valence-corrected chi connectivity index (χ2v) is 5.80. The van der Waals surface area contributed by atoms with E-state index in [1.165, 1.54) is 0 Å². The van der Waals surface area contributed by atoms with Gasteiger partial charge in [0, 0.05) is 10.9 Å². The molecular weight excluding hydrogens is 233 g/mol. The molecule has 0 saturated carbocycles. The first-order valence-corrected chi connectivity index (χ1v) is 7.13. The first-order valence-electron chi connectivity index (χ1n) is 6.14. The van der Waals surface area contributed by atoms with Gasteiger partial charge in [-0.25, -0.2) is 4.39 Å². The van der Waals surface area contributed by atoms with Crippen molar-refractivity contribution in [3.05, 3.63) is 29.6 Å². The van der Waals surface area contributed by atoms with Crippen LogP contribution in [-0.2, 0) is 0 Å². The fourth-order valence-electron chi connectivity index (χ4n) is 1.57. The van der Waals surface area contributed by atoms with Crippen LogP contribution < -0.4 is 5.32 Å². The summed E-state index contributed by atoms with van der Waals surface area (Å²) in [6.45, 7) is 6.44. The summed E-state index contributed by atoms with van der Waals surface area (Å²) in [5.41, 5.74) is 1.06. The number of halogens is 1. The monoisotopic (exact) mass is 255 g/mol. The Morgan fingerprint density at radius 1 is 1.29 bits per heavy atom. The fraction of sp³-hybridized carbons (Fsp3) is 0.571. The van der Waals surface area contributed by atoms with Gasteiger partial charge in [-0.05, 0) is 43.7 Å². The van der Waals surface area contributed by atoms with Gasteiger partial charge in [-0.15, -0.1) is 11.8 Å². The van der Waals surface area contributed by atoms with E-state index in [9.17, 15) is 4.39 Å². The summed E-state index contributed by atoms with van der Waals surface area (Å²) in [4.78, 5) is 0.801. The molecule has 0 fully saturated rings. The number of hydrogen-bond acceptors (Lipinski definition) is 2. The standard InChI is InChI=1S/C14H22FNS/c1-10(2)8-9-17-14-12(11(3)16-4)6-5-7-13(14)15/h5-7,10-11,16H,8-9H2,1-4H3. The average Bonchev–Trinajstić information content (AvgIpc) is 2.29. The molecular formula is C14H22FNS. The highest BCUT2D eigenvalue weighted by atomic mass is 32.2. The highest BCUT2D eigenvalue weighted by molar-refractivity contribution is 7.99. The lowest BCUT2D eigenvalue weighted by atomic mass is 10.1. The van der Waals surface area contributed by atoms with Gasteiger partial charge in [-0.3, -0.25) is 0 Å². The third-order valence-corrected chi connectivity index (χ3v) is 4.00. The van der Waals surface area contributed by atoms with Crippen molar-refractivity contribution >= 4 is 11.8 Å². The lowest BCUT2D eigenvalue weighted by Gasteiger charge is -2.16. The predicted octanol–water partition coefficient (Wildman–Crippen LogP) is 4.24. The van der Waals surface area contributed by atoms with Crippen molar-refractivity contribution in [3.63, 3.8) is 0 Å². The average molecular weight is 255 g/mol. The number of rotatable bonds is 6. The van der Waals surface area contributed by atoms with Crippen LogP contribution >= 0.6 is 11.8 Å². The lowest BCUT2D eigenvalue weighted by Crippen LogP contribution is -2.13. The van der Waals surface area contributed by atoms with E-state index in [-0.39, 0.29) is 11.9 Å². The number of thioether (sulfide) groups is 1.